The number of nitrogens with one attached hydrogen (secondary N) is 1. The highest BCUT2D eigenvalue weighted by molar-refractivity contribution is 8.18. The van der Waals surface area contributed by atoms with Gasteiger partial charge in [-0.05, 0) is 41.6 Å². The first-order valence-electron chi connectivity index (χ1n) is 9.14. The number of fused-ring (bicyclic) bond motifs is 3. The van der Waals surface area contributed by atoms with Crippen molar-refractivity contribution in [3.05, 3.63) is 63.1 Å². The van der Waals surface area contributed by atoms with Gasteiger partial charge in [0.05, 0.1) is 15.3 Å². The van der Waals surface area contributed by atoms with Crippen LogP contribution in [0.3, 0.4) is 0 Å². The molecule has 3 amide bonds. The predicted molar refractivity (Wildman–Crippen MR) is 120 cm³/mol. The van der Waals surface area contributed by atoms with Crippen molar-refractivity contribution < 1.29 is 18.8 Å². The molecule has 0 spiro atoms. The largest absolute Gasteiger partial charge is 0.350 e. The number of hydrogen-bond acceptors (Lipinski definition) is 7. The summed E-state index contributed by atoms with van der Waals surface area (Å²) in [6, 6.07) is 7.43. The number of aromatic nitrogens is 2. The van der Waals surface area contributed by atoms with Crippen LogP contribution in [0.4, 0.5) is 9.18 Å². The topological polar surface area (TPSA) is 83.8 Å². The van der Waals surface area contributed by atoms with E-state index < -0.39 is 11.1 Å². The van der Waals surface area contributed by atoms with Gasteiger partial charge in [-0.1, -0.05) is 12.1 Å². The molecular formula is C20H13FN4O3S3. The van der Waals surface area contributed by atoms with Gasteiger partial charge in [0.15, 0.2) is 4.96 Å². The number of halogens is 1. The summed E-state index contributed by atoms with van der Waals surface area (Å²) < 4.78 is 15.0. The molecule has 0 unspecified atom stereocenters. The number of thioether (sulfide) groups is 1. The van der Waals surface area contributed by atoms with Crippen molar-refractivity contribution in [2.75, 3.05) is 13.1 Å². The Kier molecular flexibility index (Phi) is 5.08. The molecule has 31 heavy (non-hydrogen) atoms. The zero-order chi connectivity index (χ0) is 21.5. The fraction of sp³-hybridized carbons (Fsp3) is 0.100. The van der Waals surface area contributed by atoms with Gasteiger partial charge in [-0.2, -0.15) is 0 Å². The minimum Gasteiger partial charge on any atom is -0.350 e. The smallest absolute Gasteiger partial charge is 0.293 e. The lowest BCUT2D eigenvalue weighted by Gasteiger charge is -2.12. The Balaban J connectivity index is 1.22. The standard InChI is InChI=1S/C20H13FN4O3S3/c21-12-3-1-11(2-4-12)9-15-18(27)25(20(28)31-15)6-5-22-16(26)14-10-13-17(30-14)23-19-24(13)7-8-29-19/h1-4,7-10H,5-6H2,(H,22,26)/b15-9-. The monoisotopic (exact) mass is 472 g/mol. The first-order chi connectivity index (χ1) is 15.0. The van der Waals surface area contributed by atoms with E-state index in [4.69, 9.17) is 0 Å². The summed E-state index contributed by atoms with van der Waals surface area (Å²) in [5, 5.41) is 4.28. The van der Waals surface area contributed by atoms with Crippen LogP contribution in [-0.4, -0.2) is 44.4 Å². The maximum atomic E-state index is 13.0. The molecule has 1 aliphatic rings. The van der Waals surface area contributed by atoms with Gasteiger partial charge < -0.3 is 5.32 Å². The van der Waals surface area contributed by atoms with E-state index in [1.807, 2.05) is 16.0 Å². The number of rotatable bonds is 5. The third-order valence-corrected chi connectivity index (χ3v) is 7.31. The SMILES string of the molecule is O=C(NCCN1C(=O)S/C(=C\c2ccc(F)cc2)C1=O)c1cc2c(nc3sccn32)s1. The van der Waals surface area contributed by atoms with E-state index in [2.05, 4.69) is 10.3 Å². The molecule has 4 aromatic rings. The van der Waals surface area contributed by atoms with Crippen molar-refractivity contribution >= 4 is 72.9 Å². The molecule has 4 heterocycles. The average Bonchev–Trinajstić information content (AvgIpc) is 3.48. The molecule has 3 aromatic heterocycles. The van der Waals surface area contributed by atoms with Crippen LogP contribution in [0.2, 0.25) is 0 Å². The van der Waals surface area contributed by atoms with Gasteiger partial charge in [-0.3, -0.25) is 23.7 Å². The summed E-state index contributed by atoms with van der Waals surface area (Å²) in [6.07, 6.45) is 3.46. The molecule has 7 nitrogen and oxygen atoms in total. The van der Waals surface area contributed by atoms with Crippen LogP contribution in [0.1, 0.15) is 15.2 Å². The summed E-state index contributed by atoms with van der Waals surface area (Å²) in [7, 11) is 0. The fourth-order valence-electron chi connectivity index (χ4n) is 3.13. The molecule has 0 bridgehead atoms. The number of imide groups is 1. The molecule has 1 aliphatic heterocycles. The summed E-state index contributed by atoms with van der Waals surface area (Å²) in [5.74, 6) is -1.08. The molecule has 5 rings (SSSR count). The summed E-state index contributed by atoms with van der Waals surface area (Å²) in [6.45, 7) is 0.202. The van der Waals surface area contributed by atoms with E-state index in [0.29, 0.717) is 10.4 Å². The lowest BCUT2D eigenvalue weighted by molar-refractivity contribution is -0.122. The first kappa shape index (κ1) is 19.9. The minimum atomic E-state index is -0.427. The molecule has 1 aromatic carbocycles. The summed E-state index contributed by atoms with van der Waals surface area (Å²) >= 11 is 3.65. The lowest BCUT2D eigenvalue weighted by atomic mass is 10.2. The van der Waals surface area contributed by atoms with Crippen LogP contribution in [0, 0.1) is 5.82 Å². The molecule has 156 valence electrons. The van der Waals surface area contributed by atoms with E-state index in [1.54, 1.807) is 12.1 Å². The number of imidazole rings is 1. The first-order valence-corrected chi connectivity index (χ1v) is 11.6. The number of nitrogens with zero attached hydrogens (tertiary/aromatic N) is 3. The molecule has 1 fully saturated rings. The Morgan fingerprint density at radius 2 is 2.03 bits per heavy atom. The van der Waals surface area contributed by atoms with Crippen molar-refractivity contribution in [3.8, 4) is 0 Å². The van der Waals surface area contributed by atoms with Crippen LogP contribution in [0.15, 0.2) is 46.8 Å². The Bertz CT molecular complexity index is 1370. The lowest BCUT2D eigenvalue weighted by Crippen LogP contribution is -2.37. The number of amides is 3. The van der Waals surface area contributed by atoms with Crippen molar-refractivity contribution in [1.29, 1.82) is 0 Å². The second kappa shape index (κ2) is 7.91. The molecular weight excluding hydrogens is 459 g/mol. The Labute approximate surface area is 187 Å². The number of carbonyl (C=O) groups is 3. The Hall–Kier alpha value is -3.02. The van der Waals surface area contributed by atoms with E-state index in [1.165, 1.54) is 46.9 Å². The second-order valence-corrected chi connectivity index (χ2v) is 9.51. The van der Waals surface area contributed by atoms with Gasteiger partial charge in [-0.25, -0.2) is 9.37 Å². The molecule has 1 N–H and O–H groups in total. The normalized spacial score (nSPS) is 15.6. The zero-order valence-corrected chi connectivity index (χ0v) is 18.2. The van der Waals surface area contributed by atoms with Gasteiger partial charge in [-0.15, -0.1) is 22.7 Å². The van der Waals surface area contributed by atoms with Gasteiger partial charge in [0.1, 0.15) is 10.6 Å². The van der Waals surface area contributed by atoms with Crippen LogP contribution < -0.4 is 5.32 Å². The molecule has 0 aliphatic carbocycles. The summed E-state index contributed by atoms with van der Waals surface area (Å²) in [4.78, 5) is 45.3. The number of thiazole rings is 1. The highest BCUT2D eigenvalue weighted by atomic mass is 32.2. The molecule has 0 saturated carbocycles. The van der Waals surface area contributed by atoms with E-state index in [0.717, 1.165) is 32.0 Å². The van der Waals surface area contributed by atoms with Crippen molar-refractivity contribution in [3.63, 3.8) is 0 Å². The van der Waals surface area contributed by atoms with Gasteiger partial charge >= 0.3 is 0 Å². The zero-order valence-electron chi connectivity index (χ0n) is 15.7. The van der Waals surface area contributed by atoms with E-state index >= 15 is 0 Å². The van der Waals surface area contributed by atoms with Crippen molar-refractivity contribution in [1.82, 2.24) is 19.6 Å². The Morgan fingerprint density at radius 3 is 2.84 bits per heavy atom. The van der Waals surface area contributed by atoms with Crippen LogP contribution in [0.25, 0.3) is 21.4 Å². The molecule has 0 atom stereocenters. The predicted octanol–water partition coefficient (Wildman–Crippen LogP) is 4.22. The molecule has 1 saturated heterocycles. The van der Waals surface area contributed by atoms with E-state index in [-0.39, 0.29) is 29.7 Å². The number of thiophene rings is 1. The maximum absolute atomic E-state index is 13.0. The third-order valence-electron chi connectivity index (χ3n) is 4.63. The minimum absolute atomic E-state index is 0.0655. The number of hydrogen-bond donors (Lipinski definition) is 1. The van der Waals surface area contributed by atoms with Crippen LogP contribution in [0.5, 0.6) is 0 Å². The maximum Gasteiger partial charge on any atom is 0.293 e. The van der Waals surface area contributed by atoms with Crippen LogP contribution in [-0.2, 0) is 4.79 Å². The average molecular weight is 473 g/mol. The van der Waals surface area contributed by atoms with Crippen molar-refractivity contribution in [2.24, 2.45) is 0 Å². The molecule has 0 radical (unpaired) electrons. The molecule has 11 heteroatoms. The Morgan fingerprint density at radius 1 is 1.23 bits per heavy atom. The second-order valence-electron chi connectivity index (χ2n) is 6.61. The highest BCUT2D eigenvalue weighted by Gasteiger charge is 2.34. The number of benzene rings is 1. The van der Waals surface area contributed by atoms with E-state index in [9.17, 15) is 18.8 Å². The van der Waals surface area contributed by atoms with Gasteiger partial charge in [0.25, 0.3) is 17.1 Å². The van der Waals surface area contributed by atoms with Gasteiger partial charge in [0.2, 0.25) is 0 Å². The highest BCUT2D eigenvalue weighted by Crippen LogP contribution is 2.32. The van der Waals surface area contributed by atoms with Gasteiger partial charge in [0, 0.05) is 24.7 Å². The van der Waals surface area contributed by atoms with Crippen LogP contribution >= 0.6 is 34.4 Å². The number of carbonyl (C=O) groups excluding carboxylic acids is 3. The fourth-order valence-corrected chi connectivity index (χ4v) is 5.71. The van der Waals surface area contributed by atoms with Crippen molar-refractivity contribution in [2.45, 2.75) is 0 Å². The third kappa shape index (κ3) is 3.75. The summed E-state index contributed by atoms with van der Waals surface area (Å²) in [5.41, 5.74) is 1.51. The quantitative estimate of drug-likeness (QED) is 0.440.